The molecule has 1 heterocycles. The van der Waals surface area contributed by atoms with Crippen LogP contribution in [0, 0.1) is 0 Å². The number of fused-ring (bicyclic) bond motifs is 1. The first-order valence-electron chi connectivity index (χ1n) is 6.11. The Morgan fingerprint density at radius 1 is 1.21 bits per heavy atom. The van der Waals surface area contributed by atoms with Crippen LogP contribution in [0.3, 0.4) is 0 Å². The molecule has 0 saturated heterocycles. The van der Waals surface area contributed by atoms with Crippen LogP contribution in [0.4, 0.5) is 0 Å². The SMILES string of the molecule is CC=CC(C=Cc1nc2ccccc2c(=O)o1)=CC. The summed E-state index contributed by atoms with van der Waals surface area (Å²) < 4.78 is 5.16. The number of allylic oxidation sites excluding steroid dienone is 5. The molecule has 0 atom stereocenters. The molecule has 0 fully saturated rings. The molecule has 0 unspecified atom stereocenters. The fraction of sp³-hybridized carbons (Fsp3) is 0.125. The molecule has 2 rings (SSSR count). The summed E-state index contributed by atoms with van der Waals surface area (Å²) in [6, 6.07) is 7.14. The minimum Gasteiger partial charge on any atom is -0.404 e. The molecule has 0 amide bonds. The van der Waals surface area contributed by atoms with Gasteiger partial charge in [-0.2, -0.15) is 0 Å². The van der Waals surface area contributed by atoms with Crippen LogP contribution in [-0.4, -0.2) is 4.98 Å². The van der Waals surface area contributed by atoms with Gasteiger partial charge in [-0.1, -0.05) is 30.4 Å². The van der Waals surface area contributed by atoms with Crippen LogP contribution in [0.2, 0.25) is 0 Å². The molecule has 0 aliphatic heterocycles. The van der Waals surface area contributed by atoms with Gasteiger partial charge in [0, 0.05) is 6.08 Å². The molecule has 96 valence electrons. The van der Waals surface area contributed by atoms with Crippen molar-refractivity contribution in [3.63, 3.8) is 0 Å². The summed E-state index contributed by atoms with van der Waals surface area (Å²) >= 11 is 0. The van der Waals surface area contributed by atoms with Crippen LogP contribution < -0.4 is 5.63 Å². The van der Waals surface area contributed by atoms with Gasteiger partial charge in [-0.05, 0) is 37.6 Å². The van der Waals surface area contributed by atoms with E-state index < -0.39 is 0 Å². The van der Waals surface area contributed by atoms with Gasteiger partial charge in [0.25, 0.3) is 0 Å². The maximum absolute atomic E-state index is 11.8. The summed E-state index contributed by atoms with van der Waals surface area (Å²) in [6.07, 6.45) is 9.44. The van der Waals surface area contributed by atoms with E-state index in [1.165, 1.54) is 0 Å². The summed E-state index contributed by atoms with van der Waals surface area (Å²) in [7, 11) is 0. The molecule has 0 bridgehead atoms. The number of para-hydroxylation sites is 1. The van der Waals surface area contributed by atoms with E-state index in [0.29, 0.717) is 16.8 Å². The van der Waals surface area contributed by atoms with Crippen molar-refractivity contribution in [2.45, 2.75) is 13.8 Å². The highest BCUT2D eigenvalue weighted by molar-refractivity contribution is 5.77. The monoisotopic (exact) mass is 253 g/mol. The van der Waals surface area contributed by atoms with Crippen molar-refractivity contribution in [2.75, 3.05) is 0 Å². The highest BCUT2D eigenvalue weighted by atomic mass is 16.4. The molecule has 0 aliphatic carbocycles. The highest BCUT2D eigenvalue weighted by Gasteiger charge is 2.02. The van der Waals surface area contributed by atoms with Gasteiger partial charge in [0.1, 0.15) is 0 Å². The maximum atomic E-state index is 11.8. The Balaban J connectivity index is 2.42. The predicted octanol–water partition coefficient (Wildman–Crippen LogP) is 3.72. The van der Waals surface area contributed by atoms with Crippen molar-refractivity contribution in [3.8, 4) is 0 Å². The zero-order chi connectivity index (χ0) is 13.7. The van der Waals surface area contributed by atoms with Gasteiger partial charge in [0.05, 0.1) is 10.9 Å². The summed E-state index contributed by atoms with van der Waals surface area (Å²) in [5.74, 6) is 0.313. The topological polar surface area (TPSA) is 43.1 Å². The van der Waals surface area contributed by atoms with Crippen molar-refractivity contribution in [1.29, 1.82) is 0 Å². The average molecular weight is 253 g/mol. The molecule has 0 aliphatic rings. The summed E-state index contributed by atoms with van der Waals surface area (Å²) in [6.45, 7) is 3.90. The van der Waals surface area contributed by atoms with Gasteiger partial charge >= 0.3 is 5.63 Å². The van der Waals surface area contributed by atoms with Gasteiger partial charge in [-0.3, -0.25) is 0 Å². The normalized spacial score (nSPS) is 12.8. The number of hydrogen-bond acceptors (Lipinski definition) is 3. The first-order chi connectivity index (χ1) is 9.24. The zero-order valence-corrected chi connectivity index (χ0v) is 11.0. The zero-order valence-electron chi connectivity index (χ0n) is 11.0. The Morgan fingerprint density at radius 2 is 2.00 bits per heavy atom. The van der Waals surface area contributed by atoms with E-state index in [0.717, 1.165) is 5.57 Å². The molecule has 0 N–H and O–H groups in total. The summed E-state index contributed by atoms with van der Waals surface area (Å²) in [4.78, 5) is 16.1. The van der Waals surface area contributed by atoms with Crippen LogP contribution in [0.15, 0.2) is 63.4 Å². The molecule has 3 heteroatoms. The lowest BCUT2D eigenvalue weighted by molar-refractivity contribution is 0.490. The minimum absolute atomic E-state index is 0.313. The van der Waals surface area contributed by atoms with E-state index >= 15 is 0 Å². The highest BCUT2D eigenvalue weighted by Crippen LogP contribution is 2.09. The Bertz CT molecular complexity index is 721. The molecular weight excluding hydrogens is 238 g/mol. The Kier molecular flexibility index (Phi) is 4.08. The molecule has 0 spiro atoms. The van der Waals surface area contributed by atoms with E-state index in [9.17, 15) is 4.79 Å². The van der Waals surface area contributed by atoms with Crippen molar-refractivity contribution in [2.24, 2.45) is 0 Å². The number of aromatic nitrogens is 1. The second-order valence-electron chi connectivity index (χ2n) is 3.98. The molecule has 0 radical (unpaired) electrons. The second-order valence-corrected chi connectivity index (χ2v) is 3.98. The molecule has 3 nitrogen and oxygen atoms in total. The number of nitrogens with zero attached hydrogens (tertiary/aromatic N) is 1. The predicted molar refractivity (Wildman–Crippen MR) is 77.9 cm³/mol. The van der Waals surface area contributed by atoms with Crippen LogP contribution >= 0.6 is 0 Å². The van der Waals surface area contributed by atoms with Crippen LogP contribution in [0.5, 0.6) is 0 Å². The quantitative estimate of drug-likeness (QED) is 0.783. The third-order valence-corrected chi connectivity index (χ3v) is 2.66. The van der Waals surface area contributed by atoms with E-state index in [-0.39, 0.29) is 5.63 Å². The molecule has 0 saturated carbocycles. The van der Waals surface area contributed by atoms with Crippen molar-refractivity contribution >= 4 is 17.0 Å². The maximum Gasteiger partial charge on any atom is 0.347 e. The van der Waals surface area contributed by atoms with Gasteiger partial charge in [0.15, 0.2) is 0 Å². The van der Waals surface area contributed by atoms with Gasteiger partial charge in [-0.15, -0.1) is 0 Å². The third-order valence-electron chi connectivity index (χ3n) is 2.66. The van der Waals surface area contributed by atoms with E-state index in [1.807, 2.05) is 44.2 Å². The third kappa shape index (κ3) is 3.07. The van der Waals surface area contributed by atoms with E-state index in [4.69, 9.17) is 4.42 Å². The largest absolute Gasteiger partial charge is 0.404 e. The second kappa shape index (κ2) is 5.96. The summed E-state index contributed by atoms with van der Waals surface area (Å²) in [5, 5.41) is 0.499. The Morgan fingerprint density at radius 3 is 2.74 bits per heavy atom. The average Bonchev–Trinajstić information content (AvgIpc) is 2.43. The minimum atomic E-state index is -0.363. The fourth-order valence-electron chi connectivity index (χ4n) is 1.71. The molecule has 1 aromatic heterocycles. The smallest absolute Gasteiger partial charge is 0.347 e. The van der Waals surface area contributed by atoms with Crippen molar-refractivity contribution in [1.82, 2.24) is 4.98 Å². The lowest BCUT2D eigenvalue weighted by Gasteiger charge is -1.97. The summed E-state index contributed by atoms with van der Waals surface area (Å²) in [5.41, 5.74) is 1.31. The van der Waals surface area contributed by atoms with Crippen molar-refractivity contribution in [3.05, 3.63) is 70.5 Å². The Hall–Kier alpha value is -2.42. The number of hydrogen-bond donors (Lipinski definition) is 0. The number of benzene rings is 1. The molecule has 19 heavy (non-hydrogen) atoms. The molecule has 2 aromatic rings. The van der Waals surface area contributed by atoms with Gasteiger partial charge in [-0.25, -0.2) is 9.78 Å². The number of rotatable bonds is 3. The van der Waals surface area contributed by atoms with E-state index in [1.54, 1.807) is 24.3 Å². The lowest BCUT2D eigenvalue weighted by Crippen LogP contribution is -2.02. The van der Waals surface area contributed by atoms with Crippen LogP contribution in [0.1, 0.15) is 19.7 Å². The lowest BCUT2D eigenvalue weighted by atomic mass is 10.2. The van der Waals surface area contributed by atoms with Crippen LogP contribution in [0.25, 0.3) is 17.0 Å². The fourth-order valence-corrected chi connectivity index (χ4v) is 1.71. The molecular formula is C16H15NO2. The van der Waals surface area contributed by atoms with E-state index in [2.05, 4.69) is 4.98 Å². The molecule has 1 aromatic carbocycles. The first-order valence-corrected chi connectivity index (χ1v) is 6.11. The standard InChI is InChI=1S/C16H15NO2/c1-3-7-12(4-2)10-11-15-17-14-9-6-5-8-13(14)16(18)19-15/h3-11H,1-2H3. The van der Waals surface area contributed by atoms with Gasteiger partial charge in [0.2, 0.25) is 5.89 Å². The first kappa shape index (κ1) is 13.0. The Labute approximate surface area is 111 Å². The van der Waals surface area contributed by atoms with Crippen LogP contribution in [-0.2, 0) is 0 Å². The van der Waals surface area contributed by atoms with Crippen molar-refractivity contribution < 1.29 is 4.42 Å². The van der Waals surface area contributed by atoms with Gasteiger partial charge < -0.3 is 4.42 Å².